The molecule has 9 heavy (non-hydrogen) atoms. The molecule has 0 aliphatic heterocycles. The van der Waals surface area contributed by atoms with E-state index in [0.29, 0.717) is 5.92 Å². The zero-order valence-electron chi connectivity index (χ0n) is 6.14. The Balaban J connectivity index is 0.000000640. The minimum Gasteiger partial charge on any atom is -0.599 e. The standard InChI is InChI=1S/C7H9O.Li/c1-6(2)7-3-4-8-5-7;/h3-4,6H,1-2H3;/q-1;+1. The Morgan fingerprint density at radius 1 is 1.56 bits per heavy atom. The Labute approximate surface area is 67.6 Å². The van der Waals surface area contributed by atoms with Crippen molar-refractivity contribution in [2.75, 3.05) is 0 Å². The maximum atomic E-state index is 4.75. The van der Waals surface area contributed by atoms with E-state index in [1.165, 1.54) is 0 Å². The van der Waals surface area contributed by atoms with Gasteiger partial charge in [-0.15, -0.1) is 5.56 Å². The van der Waals surface area contributed by atoms with Gasteiger partial charge in [0, 0.05) is 0 Å². The molecule has 0 fully saturated rings. The smallest absolute Gasteiger partial charge is 0.599 e. The summed E-state index contributed by atoms with van der Waals surface area (Å²) in [5, 5.41) is 0. The summed E-state index contributed by atoms with van der Waals surface area (Å²) >= 11 is 0. The van der Waals surface area contributed by atoms with Gasteiger partial charge in [-0.2, -0.15) is 6.07 Å². The summed E-state index contributed by atoms with van der Waals surface area (Å²) in [6.45, 7) is 4.22. The molecule has 0 N–H and O–H groups in total. The van der Waals surface area contributed by atoms with Crippen LogP contribution >= 0.6 is 0 Å². The Morgan fingerprint density at radius 2 is 2.22 bits per heavy atom. The van der Waals surface area contributed by atoms with Gasteiger partial charge >= 0.3 is 18.9 Å². The van der Waals surface area contributed by atoms with E-state index in [9.17, 15) is 0 Å². The predicted molar refractivity (Wildman–Crippen MR) is 31.6 cm³/mol. The quantitative estimate of drug-likeness (QED) is 0.346. The summed E-state index contributed by atoms with van der Waals surface area (Å²) < 4.78 is 4.75. The van der Waals surface area contributed by atoms with E-state index in [4.69, 9.17) is 4.42 Å². The fourth-order valence-corrected chi connectivity index (χ4v) is 0.554. The zero-order valence-corrected chi connectivity index (χ0v) is 6.14. The minimum absolute atomic E-state index is 0. The summed E-state index contributed by atoms with van der Waals surface area (Å²) in [6.07, 6.45) is 4.41. The Bertz CT molecular complexity index is 144. The van der Waals surface area contributed by atoms with Crippen molar-refractivity contribution >= 4 is 0 Å². The van der Waals surface area contributed by atoms with E-state index in [1.807, 2.05) is 6.07 Å². The fraction of sp³-hybridized carbons (Fsp3) is 0.429. The van der Waals surface area contributed by atoms with Gasteiger partial charge in [-0.3, -0.25) is 0 Å². The van der Waals surface area contributed by atoms with Gasteiger partial charge in [-0.1, -0.05) is 20.1 Å². The third-order valence-electron chi connectivity index (χ3n) is 1.11. The molecule has 0 amide bonds. The average molecular weight is 116 g/mol. The second-order valence-corrected chi connectivity index (χ2v) is 2.13. The second-order valence-electron chi connectivity index (χ2n) is 2.13. The van der Waals surface area contributed by atoms with Crippen LogP contribution in [0.3, 0.4) is 0 Å². The Hall–Kier alpha value is -0.123. The van der Waals surface area contributed by atoms with Gasteiger partial charge in [0.2, 0.25) is 0 Å². The topological polar surface area (TPSA) is 13.1 Å². The molecule has 0 saturated carbocycles. The van der Waals surface area contributed by atoms with Crippen LogP contribution in [-0.4, -0.2) is 0 Å². The molecule has 0 spiro atoms. The van der Waals surface area contributed by atoms with Crippen molar-refractivity contribution in [2.45, 2.75) is 19.8 Å². The summed E-state index contributed by atoms with van der Waals surface area (Å²) in [6, 6.07) is 1.94. The summed E-state index contributed by atoms with van der Waals surface area (Å²) in [5.41, 5.74) is 1.14. The van der Waals surface area contributed by atoms with E-state index in [-0.39, 0.29) is 18.9 Å². The van der Waals surface area contributed by atoms with Crippen molar-refractivity contribution in [1.29, 1.82) is 0 Å². The van der Waals surface area contributed by atoms with Crippen molar-refractivity contribution in [3.8, 4) is 0 Å². The van der Waals surface area contributed by atoms with Crippen molar-refractivity contribution in [2.24, 2.45) is 0 Å². The first kappa shape index (κ1) is 8.88. The van der Waals surface area contributed by atoms with Crippen LogP contribution in [0.25, 0.3) is 0 Å². The third kappa shape index (κ3) is 2.30. The molecule has 0 bridgehead atoms. The van der Waals surface area contributed by atoms with Crippen molar-refractivity contribution in [3.63, 3.8) is 0 Å². The van der Waals surface area contributed by atoms with Crippen LogP contribution in [0.1, 0.15) is 25.3 Å². The first-order chi connectivity index (χ1) is 3.80. The largest absolute Gasteiger partial charge is 1.00 e. The molecule has 1 heterocycles. The van der Waals surface area contributed by atoms with Gasteiger partial charge in [0.15, 0.2) is 0 Å². The molecule has 1 aromatic heterocycles. The molecule has 0 radical (unpaired) electrons. The molecule has 1 rings (SSSR count). The summed E-state index contributed by atoms with van der Waals surface area (Å²) in [5.74, 6) is 0.536. The predicted octanol–water partition coefficient (Wildman–Crippen LogP) is -0.793. The van der Waals surface area contributed by atoms with Crippen molar-refractivity contribution < 1.29 is 23.3 Å². The van der Waals surface area contributed by atoms with Crippen molar-refractivity contribution in [1.82, 2.24) is 0 Å². The molecule has 0 atom stereocenters. The van der Waals surface area contributed by atoms with Crippen LogP contribution in [-0.2, 0) is 0 Å². The molecule has 2 heteroatoms. The normalized spacial score (nSPS) is 9.22. The van der Waals surface area contributed by atoms with E-state index in [2.05, 4.69) is 20.1 Å². The SMILES string of the molecule is CC(C)c1[c-]occ1.[Li+]. The molecule has 0 unspecified atom stereocenters. The number of furan rings is 1. The molecule has 1 aromatic rings. The van der Waals surface area contributed by atoms with Crippen LogP contribution in [0.4, 0.5) is 0 Å². The Morgan fingerprint density at radius 3 is 2.44 bits per heavy atom. The molecule has 44 valence electrons. The molecule has 0 aromatic carbocycles. The molecule has 0 saturated heterocycles. The van der Waals surface area contributed by atoms with Crippen LogP contribution in [0, 0.1) is 6.26 Å². The minimum atomic E-state index is 0. The summed E-state index contributed by atoms with van der Waals surface area (Å²) in [7, 11) is 0. The molecular weight excluding hydrogens is 107 g/mol. The fourth-order valence-electron chi connectivity index (χ4n) is 0.554. The van der Waals surface area contributed by atoms with Crippen molar-refractivity contribution in [3.05, 3.63) is 24.2 Å². The van der Waals surface area contributed by atoms with Gasteiger partial charge < -0.3 is 4.42 Å². The second kappa shape index (κ2) is 3.82. The van der Waals surface area contributed by atoms with Crippen LogP contribution in [0.2, 0.25) is 0 Å². The van der Waals surface area contributed by atoms with Gasteiger partial charge in [0.05, 0.1) is 0 Å². The number of rotatable bonds is 1. The van der Waals surface area contributed by atoms with Gasteiger partial charge in [0.25, 0.3) is 0 Å². The van der Waals surface area contributed by atoms with E-state index in [1.54, 1.807) is 6.26 Å². The van der Waals surface area contributed by atoms with Gasteiger partial charge in [0.1, 0.15) is 0 Å². The monoisotopic (exact) mass is 116 g/mol. The van der Waals surface area contributed by atoms with Crippen LogP contribution in [0.5, 0.6) is 0 Å². The molecule has 0 aliphatic carbocycles. The average Bonchev–Trinajstić information content (AvgIpc) is 2.12. The molecule has 0 aliphatic rings. The first-order valence-electron chi connectivity index (χ1n) is 2.76. The van der Waals surface area contributed by atoms with Gasteiger partial charge in [-0.25, -0.2) is 0 Å². The maximum absolute atomic E-state index is 4.75. The van der Waals surface area contributed by atoms with Crippen LogP contribution < -0.4 is 18.9 Å². The number of hydrogen-bond acceptors (Lipinski definition) is 1. The summed E-state index contributed by atoms with van der Waals surface area (Å²) in [4.78, 5) is 0. The number of hydrogen-bond donors (Lipinski definition) is 0. The van der Waals surface area contributed by atoms with Gasteiger partial charge in [-0.05, 0) is 12.2 Å². The Kier molecular flexibility index (Phi) is 3.77. The van der Waals surface area contributed by atoms with E-state index < -0.39 is 0 Å². The first-order valence-corrected chi connectivity index (χ1v) is 2.76. The van der Waals surface area contributed by atoms with E-state index in [0.717, 1.165) is 5.56 Å². The molecular formula is C7H9LiO. The maximum Gasteiger partial charge on any atom is 1.00 e. The molecule has 1 nitrogen and oxygen atoms in total. The van der Waals surface area contributed by atoms with E-state index >= 15 is 0 Å². The third-order valence-corrected chi connectivity index (χ3v) is 1.11. The zero-order chi connectivity index (χ0) is 5.98. The van der Waals surface area contributed by atoms with Crippen LogP contribution in [0.15, 0.2) is 16.7 Å².